The van der Waals surface area contributed by atoms with E-state index in [1.165, 1.54) is 21.5 Å². The van der Waals surface area contributed by atoms with E-state index in [1.807, 2.05) is 12.4 Å². The molecule has 11 aromatic rings. The molecule has 0 N–H and O–H groups in total. The van der Waals surface area contributed by atoms with Gasteiger partial charge in [-0.2, -0.15) is 0 Å². The predicted octanol–water partition coefficient (Wildman–Crippen LogP) is 11.8. The van der Waals surface area contributed by atoms with Crippen LogP contribution in [0.2, 0.25) is 0 Å². The number of hydrogen-bond acceptors (Lipinski definition) is 4. The highest BCUT2D eigenvalue weighted by atomic mass is 16.3. The molecule has 8 bridgehead atoms. The molecule has 212 valence electrons. The molecule has 11 rings (SSSR count). The van der Waals surface area contributed by atoms with Crippen LogP contribution in [0.25, 0.3) is 109 Å². The Bertz CT molecular complexity index is 2740. The molecule has 4 aromatic heterocycles. The zero-order valence-corrected chi connectivity index (χ0v) is 24.4. The molecule has 0 atom stereocenters. The van der Waals surface area contributed by atoms with E-state index in [9.17, 15) is 0 Å². The predicted molar refractivity (Wildman–Crippen MR) is 190 cm³/mol. The van der Waals surface area contributed by atoms with Crippen LogP contribution in [0.4, 0.5) is 0 Å². The van der Waals surface area contributed by atoms with Gasteiger partial charge in [0, 0.05) is 44.7 Å². The lowest BCUT2D eigenvalue weighted by Crippen LogP contribution is -1.81. The summed E-state index contributed by atoms with van der Waals surface area (Å²) in [6.45, 7) is 0. The largest absolute Gasteiger partial charge is 0.438 e. The lowest BCUT2D eigenvalue weighted by atomic mass is 9.97. The number of nitrogens with zero attached hydrogens (tertiary/aromatic N) is 2. The molecular weight excluding hydrogens is 564 g/mol. The molecule has 4 heterocycles. The Morgan fingerprint density at radius 2 is 0.717 bits per heavy atom. The quantitative estimate of drug-likeness (QED) is 0.177. The second-order valence-corrected chi connectivity index (χ2v) is 12.2. The van der Waals surface area contributed by atoms with Gasteiger partial charge in [0.15, 0.2) is 0 Å². The Kier molecular flexibility index (Phi) is 4.55. The molecule has 4 heteroatoms. The van der Waals surface area contributed by atoms with E-state index in [0.29, 0.717) is 11.4 Å². The van der Waals surface area contributed by atoms with E-state index in [4.69, 9.17) is 18.8 Å². The van der Waals surface area contributed by atoms with Crippen LogP contribution in [-0.2, 0) is 0 Å². The third kappa shape index (κ3) is 3.22. The molecule has 0 aliphatic heterocycles. The fourth-order valence-electron chi connectivity index (χ4n) is 7.59. The molecule has 7 aromatic carbocycles. The summed E-state index contributed by atoms with van der Waals surface area (Å²) in [4.78, 5) is 9.69. The molecule has 0 saturated carbocycles. The molecule has 46 heavy (non-hydrogen) atoms. The monoisotopic (exact) mass is 586 g/mol. The highest BCUT2D eigenvalue weighted by Crippen LogP contribution is 2.38. The van der Waals surface area contributed by atoms with Gasteiger partial charge in [-0.25, -0.2) is 9.97 Å². The van der Waals surface area contributed by atoms with Crippen LogP contribution in [0.5, 0.6) is 0 Å². The first-order valence-corrected chi connectivity index (χ1v) is 15.5. The maximum absolute atomic E-state index is 6.29. The van der Waals surface area contributed by atoms with Gasteiger partial charge in [-0.05, 0) is 90.3 Å². The van der Waals surface area contributed by atoms with Crippen molar-refractivity contribution < 1.29 is 8.83 Å². The van der Waals surface area contributed by atoms with Crippen LogP contribution in [0.15, 0.2) is 143 Å². The summed E-state index contributed by atoms with van der Waals surface area (Å²) in [5.74, 6) is 0. The summed E-state index contributed by atoms with van der Waals surface area (Å²) < 4.78 is 12.6. The summed E-state index contributed by atoms with van der Waals surface area (Å²) in [5, 5.41) is 17.8. The summed E-state index contributed by atoms with van der Waals surface area (Å²) in [6.07, 6.45) is 3.86. The van der Waals surface area contributed by atoms with E-state index >= 15 is 0 Å². The Labute approximate surface area is 260 Å². The Morgan fingerprint density at radius 1 is 0.326 bits per heavy atom. The first kappa shape index (κ1) is 24.1. The fourth-order valence-corrected chi connectivity index (χ4v) is 7.59. The van der Waals surface area contributed by atoms with Crippen molar-refractivity contribution in [3.8, 4) is 0 Å². The van der Waals surface area contributed by atoms with Gasteiger partial charge >= 0.3 is 0 Å². The van der Waals surface area contributed by atoms with Gasteiger partial charge in [0.1, 0.15) is 11.2 Å². The summed E-state index contributed by atoms with van der Waals surface area (Å²) in [5.41, 5.74) is 2.93. The van der Waals surface area contributed by atoms with Crippen molar-refractivity contribution in [1.82, 2.24) is 9.97 Å². The molecule has 0 fully saturated rings. The normalized spacial score (nSPS) is 12.3. The first-order valence-electron chi connectivity index (χ1n) is 15.5. The molecule has 0 aliphatic rings. The molecule has 0 unspecified atom stereocenters. The first-order chi connectivity index (χ1) is 22.8. The molecule has 0 radical (unpaired) electrons. The lowest BCUT2D eigenvalue weighted by molar-refractivity contribution is 0.654. The van der Waals surface area contributed by atoms with Gasteiger partial charge in [-0.1, -0.05) is 84.9 Å². The zero-order valence-electron chi connectivity index (χ0n) is 24.4. The topological polar surface area (TPSA) is 52.1 Å². The summed E-state index contributed by atoms with van der Waals surface area (Å²) in [7, 11) is 0. The number of benzene rings is 6. The van der Waals surface area contributed by atoms with Crippen LogP contribution in [0.3, 0.4) is 0 Å². The van der Waals surface area contributed by atoms with Gasteiger partial charge in [-0.15, -0.1) is 0 Å². The maximum Gasteiger partial charge on any atom is 0.227 e. The number of pyridine rings is 2. The maximum atomic E-state index is 6.29. The number of furan rings is 2. The molecule has 0 amide bonds. The van der Waals surface area contributed by atoms with Gasteiger partial charge < -0.3 is 8.83 Å². The van der Waals surface area contributed by atoms with Crippen LogP contribution >= 0.6 is 0 Å². The molecule has 0 aliphatic carbocycles. The SMILES string of the molecule is c1cc2cccc3c4ccc5oc6ncc(cc6c5c4)c4cccc5cccc(c6cnc7oc8ccc(cc8c7c6)c(c1)c23)c54. The summed E-state index contributed by atoms with van der Waals surface area (Å²) in [6, 6.07) is 43.5. The zero-order chi connectivity index (χ0) is 29.9. The number of rotatable bonds is 0. The second-order valence-electron chi connectivity index (χ2n) is 12.2. The lowest BCUT2D eigenvalue weighted by Gasteiger charge is -2.06. The Balaban J connectivity index is 1.46. The average Bonchev–Trinajstić information content (AvgIpc) is 3.67. The molecule has 0 saturated heterocycles. The van der Waals surface area contributed by atoms with Gasteiger partial charge in [0.25, 0.3) is 0 Å². The minimum atomic E-state index is 0.639. The third-order valence-corrected chi connectivity index (χ3v) is 9.71. The smallest absolute Gasteiger partial charge is 0.227 e. The van der Waals surface area contributed by atoms with Crippen molar-refractivity contribution in [2.75, 3.05) is 0 Å². The van der Waals surface area contributed by atoms with Crippen LogP contribution in [0, 0.1) is 0 Å². The van der Waals surface area contributed by atoms with Gasteiger partial charge in [0.05, 0.1) is 0 Å². The van der Waals surface area contributed by atoms with Gasteiger partial charge in [0.2, 0.25) is 11.4 Å². The molecule has 0 spiro atoms. The van der Waals surface area contributed by atoms with Crippen molar-refractivity contribution in [2.24, 2.45) is 0 Å². The Morgan fingerprint density at radius 3 is 1.15 bits per heavy atom. The van der Waals surface area contributed by atoms with Gasteiger partial charge in [-0.3, -0.25) is 0 Å². The van der Waals surface area contributed by atoms with E-state index in [1.54, 1.807) is 0 Å². The standard InChI is InChI=1S/C42H22N2O2/c1-5-23-6-2-10-30-26-14-16-38-34(18-26)36-20-28(22-44-42(36)46-38)32-12-4-8-24-7-3-11-31(40(24)32)27-19-35-33-17-25(29(9-1)39(23)30)13-15-37(33)45-41(35)43-21-27/h1-22H. The van der Waals surface area contributed by atoms with E-state index in [-0.39, 0.29) is 0 Å². The highest BCUT2D eigenvalue weighted by Gasteiger charge is 2.14. The van der Waals surface area contributed by atoms with Crippen molar-refractivity contribution in [1.29, 1.82) is 0 Å². The molecule has 4 nitrogen and oxygen atoms in total. The van der Waals surface area contributed by atoms with E-state index in [0.717, 1.165) is 75.8 Å². The van der Waals surface area contributed by atoms with Crippen molar-refractivity contribution >= 4 is 109 Å². The van der Waals surface area contributed by atoms with E-state index in [2.05, 4.69) is 121 Å². The highest BCUT2D eigenvalue weighted by molar-refractivity contribution is 6.23. The fraction of sp³-hybridized carbons (Fsp3) is 0. The molecular formula is C42H22N2O2. The average molecular weight is 587 g/mol. The van der Waals surface area contributed by atoms with Crippen molar-refractivity contribution in [3.05, 3.63) is 134 Å². The minimum Gasteiger partial charge on any atom is -0.438 e. The summed E-state index contributed by atoms with van der Waals surface area (Å²) >= 11 is 0. The minimum absolute atomic E-state index is 0.639. The van der Waals surface area contributed by atoms with Crippen LogP contribution in [0.1, 0.15) is 0 Å². The number of hydrogen-bond donors (Lipinski definition) is 0. The third-order valence-electron chi connectivity index (χ3n) is 9.71. The van der Waals surface area contributed by atoms with Crippen LogP contribution < -0.4 is 0 Å². The van der Waals surface area contributed by atoms with Crippen LogP contribution in [-0.4, -0.2) is 9.97 Å². The van der Waals surface area contributed by atoms with Crippen molar-refractivity contribution in [3.63, 3.8) is 0 Å². The Hall–Kier alpha value is -6.26. The number of aromatic nitrogens is 2. The van der Waals surface area contributed by atoms with Crippen molar-refractivity contribution in [2.45, 2.75) is 0 Å². The van der Waals surface area contributed by atoms with E-state index < -0.39 is 0 Å². The second kappa shape index (κ2) is 8.68. The number of fused-ring (bicyclic) bond motifs is 8.